The van der Waals surface area contributed by atoms with Crippen molar-refractivity contribution in [2.75, 3.05) is 19.7 Å². The predicted octanol–water partition coefficient (Wildman–Crippen LogP) is 1.99. The van der Waals surface area contributed by atoms with E-state index in [0.717, 1.165) is 5.56 Å². The number of urea groups is 1. The Labute approximate surface area is 135 Å². The average Bonchev–Trinajstić information content (AvgIpc) is 2.88. The normalized spacial score (nSPS) is 20.7. The maximum Gasteiger partial charge on any atom is 0.322 e. The lowest BCUT2D eigenvalue weighted by molar-refractivity contribution is -0.174. The van der Waals surface area contributed by atoms with Crippen LogP contribution in [0.3, 0.4) is 0 Å². The zero-order chi connectivity index (χ0) is 16.4. The summed E-state index contributed by atoms with van der Waals surface area (Å²) in [6, 6.07) is 8.78. The summed E-state index contributed by atoms with van der Waals surface area (Å²) in [5.74, 6) is -0.204. The average molecular weight is 313 g/mol. The van der Waals surface area contributed by atoms with Gasteiger partial charge in [-0.3, -0.25) is 14.5 Å². The number of carbonyl (C=O) groups is 2. The van der Waals surface area contributed by atoms with Gasteiger partial charge in [0, 0.05) is 6.54 Å². The lowest BCUT2D eigenvalue weighted by Crippen LogP contribution is -2.47. The van der Waals surface area contributed by atoms with Crippen LogP contribution in [0.2, 0.25) is 0 Å². The second-order valence-electron chi connectivity index (χ2n) is 5.31. The second-order valence-corrected chi connectivity index (χ2v) is 5.31. The molecule has 0 radical (unpaired) electrons. The minimum Gasteiger partial charge on any atom is -0.326 e. The molecule has 2 aliphatic heterocycles. The maximum atomic E-state index is 12.7. The van der Waals surface area contributed by atoms with Gasteiger partial charge in [-0.05, 0) is 12.5 Å². The first kappa shape index (κ1) is 15.3. The summed E-state index contributed by atoms with van der Waals surface area (Å²) < 4.78 is 0. The van der Waals surface area contributed by atoms with Gasteiger partial charge in [-0.15, -0.1) is 6.58 Å². The molecule has 3 amide bonds. The second kappa shape index (κ2) is 6.26. The summed E-state index contributed by atoms with van der Waals surface area (Å²) in [5.41, 5.74) is 2.12. The lowest BCUT2D eigenvalue weighted by Gasteiger charge is -2.32. The van der Waals surface area contributed by atoms with Gasteiger partial charge in [0.25, 0.3) is 5.91 Å². The summed E-state index contributed by atoms with van der Waals surface area (Å²) in [5, 5.41) is 4.23. The van der Waals surface area contributed by atoms with E-state index < -0.39 is 6.04 Å². The fourth-order valence-electron chi connectivity index (χ4n) is 2.95. The fourth-order valence-corrected chi connectivity index (χ4v) is 2.95. The van der Waals surface area contributed by atoms with Crippen molar-refractivity contribution in [3.8, 4) is 0 Å². The van der Waals surface area contributed by atoms with Crippen LogP contribution in [0.1, 0.15) is 18.5 Å². The largest absolute Gasteiger partial charge is 0.326 e. The Morgan fingerprint density at radius 3 is 2.74 bits per heavy atom. The molecule has 0 fully saturated rings. The molecule has 120 valence electrons. The number of benzene rings is 1. The van der Waals surface area contributed by atoms with Crippen molar-refractivity contribution >= 4 is 11.9 Å². The van der Waals surface area contributed by atoms with E-state index in [1.165, 1.54) is 5.06 Å². The van der Waals surface area contributed by atoms with E-state index >= 15 is 0 Å². The first-order valence-electron chi connectivity index (χ1n) is 7.59. The molecule has 6 nitrogen and oxygen atoms in total. The van der Waals surface area contributed by atoms with Crippen LogP contribution in [0.25, 0.3) is 0 Å². The van der Waals surface area contributed by atoms with Crippen LogP contribution >= 0.6 is 0 Å². The van der Waals surface area contributed by atoms with E-state index in [2.05, 4.69) is 11.9 Å². The molecule has 1 N–H and O–H groups in total. The van der Waals surface area contributed by atoms with Crippen molar-refractivity contribution in [3.05, 3.63) is 59.8 Å². The minimum absolute atomic E-state index is 0.204. The Kier molecular flexibility index (Phi) is 4.16. The minimum atomic E-state index is -0.460. The molecular weight excluding hydrogens is 294 g/mol. The van der Waals surface area contributed by atoms with Gasteiger partial charge in [0.15, 0.2) is 0 Å². The Morgan fingerprint density at radius 2 is 2.09 bits per heavy atom. The predicted molar refractivity (Wildman–Crippen MR) is 85.0 cm³/mol. The van der Waals surface area contributed by atoms with Crippen LogP contribution < -0.4 is 5.32 Å². The van der Waals surface area contributed by atoms with Crippen molar-refractivity contribution in [2.24, 2.45) is 0 Å². The summed E-state index contributed by atoms with van der Waals surface area (Å²) in [6.45, 7) is 6.52. The number of hydroxylamine groups is 2. The fraction of sp³-hybridized carbons (Fsp3) is 0.294. The van der Waals surface area contributed by atoms with E-state index in [0.29, 0.717) is 24.4 Å². The van der Waals surface area contributed by atoms with Gasteiger partial charge in [-0.2, -0.15) is 0 Å². The van der Waals surface area contributed by atoms with Gasteiger partial charge >= 0.3 is 6.03 Å². The van der Waals surface area contributed by atoms with E-state index in [1.807, 2.05) is 37.3 Å². The van der Waals surface area contributed by atoms with Gasteiger partial charge in [0.2, 0.25) is 0 Å². The molecule has 1 unspecified atom stereocenters. The van der Waals surface area contributed by atoms with E-state index in [-0.39, 0.29) is 18.5 Å². The molecule has 3 rings (SSSR count). The number of nitrogens with zero attached hydrogens (tertiary/aromatic N) is 2. The topological polar surface area (TPSA) is 61.9 Å². The Morgan fingerprint density at radius 1 is 1.35 bits per heavy atom. The van der Waals surface area contributed by atoms with Crippen LogP contribution in [0.5, 0.6) is 0 Å². The zero-order valence-electron chi connectivity index (χ0n) is 13.0. The highest BCUT2D eigenvalue weighted by Gasteiger charge is 2.44. The SMILES string of the molecule is C=CCN1C(=O)NC(c2ccccc2)C2=C1CN(OCC)C2=O. The highest BCUT2D eigenvalue weighted by atomic mass is 16.7. The van der Waals surface area contributed by atoms with E-state index in [4.69, 9.17) is 4.84 Å². The molecule has 2 aliphatic rings. The quantitative estimate of drug-likeness (QED) is 0.846. The molecule has 23 heavy (non-hydrogen) atoms. The lowest BCUT2D eigenvalue weighted by atomic mass is 9.96. The highest BCUT2D eigenvalue weighted by molar-refractivity contribution is 6.00. The van der Waals surface area contributed by atoms with Crippen LogP contribution in [0, 0.1) is 0 Å². The molecule has 1 aromatic carbocycles. The number of carbonyl (C=O) groups excluding carboxylic acids is 2. The monoisotopic (exact) mass is 313 g/mol. The summed E-state index contributed by atoms with van der Waals surface area (Å²) in [7, 11) is 0. The Bertz CT molecular complexity index is 669. The Balaban J connectivity index is 2.04. The van der Waals surface area contributed by atoms with Gasteiger partial charge < -0.3 is 5.32 Å². The van der Waals surface area contributed by atoms with Crippen LogP contribution in [0.4, 0.5) is 4.79 Å². The molecule has 0 aromatic heterocycles. The van der Waals surface area contributed by atoms with Gasteiger partial charge in [-0.1, -0.05) is 36.4 Å². The van der Waals surface area contributed by atoms with Crippen molar-refractivity contribution in [1.29, 1.82) is 0 Å². The van der Waals surface area contributed by atoms with Crippen molar-refractivity contribution < 1.29 is 14.4 Å². The third kappa shape index (κ3) is 2.61. The zero-order valence-corrected chi connectivity index (χ0v) is 13.0. The third-order valence-corrected chi connectivity index (χ3v) is 3.92. The molecule has 0 aliphatic carbocycles. The van der Waals surface area contributed by atoms with Gasteiger partial charge in [0.05, 0.1) is 30.5 Å². The molecule has 2 heterocycles. The first-order valence-corrected chi connectivity index (χ1v) is 7.59. The first-order chi connectivity index (χ1) is 11.2. The molecule has 1 aromatic rings. The van der Waals surface area contributed by atoms with E-state index in [9.17, 15) is 9.59 Å². The highest BCUT2D eigenvalue weighted by Crippen LogP contribution is 2.36. The summed E-state index contributed by atoms with van der Waals surface area (Å²) in [6.07, 6.45) is 1.64. The molecule has 1 atom stereocenters. The van der Waals surface area contributed by atoms with Crippen LogP contribution in [0.15, 0.2) is 54.3 Å². The van der Waals surface area contributed by atoms with Crippen LogP contribution in [-0.4, -0.2) is 41.6 Å². The number of rotatable bonds is 5. The molecule has 0 saturated heterocycles. The third-order valence-electron chi connectivity index (χ3n) is 3.92. The molecule has 0 saturated carbocycles. The summed E-state index contributed by atoms with van der Waals surface area (Å²) >= 11 is 0. The Hall–Kier alpha value is -2.60. The standard InChI is InChI=1S/C17H19N3O3/c1-3-10-19-13-11-20(23-4-2)16(21)14(13)15(18-17(19)22)12-8-6-5-7-9-12/h3,5-9,15H,1,4,10-11H2,2H3,(H,18,22). The smallest absolute Gasteiger partial charge is 0.322 e. The van der Waals surface area contributed by atoms with Crippen molar-refractivity contribution in [1.82, 2.24) is 15.3 Å². The molecular formula is C17H19N3O3. The number of nitrogens with one attached hydrogen (secondary N) is 1. The van der Waals surface area contributed by atoms with Crippen molar-refractivity contribution in [2.45, 2.75) is 13.0 Å². The van der Waals surface area contributed by atoms with Gasteiger partial charge in [0.1, 0.15) is 0 Å². The number of hydrogen-bond donors (Lipinski definition) is 1. The molecule has 0 bridgehead atoms. The van der Waals surface area contributed by atoms with Crippen molar-refractivity contribution in [3.63, 3.8) is 0 Å². The van der Waals surface area contributed by atoms with E-state index in [1.54, 1.807) is 11.0 Å². The van der Waals surface area contributed by atoms with Crippen LogP contribution in [-0.2, 0) is 9.63 Å². The van der Waals surface area contributed by atoms with Gasteiger partial charge in [-0.25, -0.2) is 9.86 Å². The number of hydrogen-bond acceptors (Lipinski definition) is 3. The number of amides is 3. The maximum absolute atomic E-state index is 12.7. The molecule has 0 spiro atoms. The molecule has 6 heteroatoms. The summed E-state index contributed by atoms with van der Waals surface area (Å²) in [4.78, 5) is 32.1.